The first-order valence-electron chi connectivity index (χ1n) is 11.0. The summed E-state index contributed by atoms with van der Waals surface area (Å²) in [4.78, 5) is 29.0. The molecule has 172 valence electrons. The number of aromatic nitrogens is 1. The molecule has 1 heterocycles. The van der Waals surface area contributed by atoms with Crippen LogP contribution in [0.2, 0.25) is 0 Å². The monoisotopic (exact) mass is 455 g/mol. The van der Waals surface area contributed by atoms with Crippen LogP contribution in [0.15, 0.2) is 89.3 Å². The summed E-state index contributed by atoms with van der Waals surface area (Å²) in [6, 6.07) is 25.5. The highest BCUT2D eigenvalue weighted by Gasteiger charge is 2.17. The lowest BCUT2D eigenvalue weighted by Gasteiger charge is -2.07. The van der Waals surface area contributed by atoms with Crippen molar-refractivity contribution in [1.82, 2.24) is 15.6 Å². The number of rotatable bonds is 9. The Labute approximate surface area is 197 Å². The molecule has 0 atom stereocenters. The van der Waals surface area contributed by atoms with Gasteiger partial charge in [0.25, 0.3) is 5.91 Å². The summed E-state index contributed by atoms with van der Waals surface area (Å²) in [7, 11) is 0. The van der Waals surface area contributed by atoms with E-state index >= 15 is 0 Å². The van der Waals surface area contributed by atoms with Crippen molar-refractivity contribution in [2.24, 2.45) is 0 Å². The summed E-state index contributed by atoms with van der Waals surface area (Å²) in [5, 5.41) is 14.8. The summed E-state index contributed by atoms with van der Waals surface area (Å²) in [6.45, 7) is 0.597. The van der Waals surface area contributed by atoms with Crippen LogP contribution in [0.5, 0.6) is 5.75 Å². The van der Waals surface area contributed by atoms with E-state index in [4.69, 9.17) is 4.42 Å². The lowest BCUT2D eigenvalue weighted by molar-refractivity contribution is -0.121. The van der Waals surface area contributed by atoms with Crippen LogP contribution < -0.4 is 10.6 Å². The van der Waals surface area contributed by atoms with E-state index in [1.165, 1.54) is 24.3 Å². The minimum Gasteiger partial charge on any atom is -0.508 e. The molecule has 0 aliphatic rings. The fourth-order valence-electron chi connectivity index (χ4n) is 3.45. The SMILES string of the molecule is O=C(CCc1nc(-c2ccccc2)c(-c2ccccc2)o1)NCCNC(=O)c1ccc(O)cc1. The van der Waals surface area contributed by atoms with Gasteiger partial charge in [-0.1, -0.05) is 60.7 Å². The molecule has 4 aromatic rings. The largest absolute Gasteiger partial charge is 0.508 e. The molecule has 3 N–H and O–H groups in total. The number of phenolic OH excluding ortho intramolecular Hbond substituents is 1. The van der Waals surface area contributed by atoms with Crippen LogP contribution in [-0.2, 0) is 11.2 Å². The summed E-state index contributed by atoms with van der Waals surface area (Å²) in [5.41, 5.74) is 3.06. The Morgan fingerprint density at radius 3 is 2.09 bits per heavy atom. The van der Waals surface area contributed by atoms with Crippen molar-refractivity contribution in [3.63, 3.8) is 0 Å². The zero-order valence-electron chi connectivity index (χ0n) is 18.5. The van der Waals surface area contributed by atoms with Crippen molar-refractivity contribution in [2.75, 3.05) is 13.1 Å². The van der Waals surface area contributed by atoms with Gasteiger partial charge >= 0.3 is 0 Å². The van der Waals surface area contributed by atoms with E-state index in [9.17, 15) is 14.7 Å². The Morgan fingerprint density at radius 2 is 1.41 bits per heavy atom. The Bertz CT molecular complexity index is 1180. The van der Waals surface area contributed by atoms with Gasteiger partial charge < -0.3 is 20.2 Å². The highest BCUT2D eigenvalue weighted by Crippen LogP contribution is 2.32. The van der Waals surface area contributed by atoms with Gasteiger partial charge in [0.15, 0.2) is 11.7 Å². The number of oxazole rings is 1. The van der Waals surface area contributed by atoms with E-state index in [1.807, 2.05) is 60.7 Å². The van der Waals surface area contributed by atoms with Gasteiger partial charge in [-0.25, -0.2) is 4.98 Å². The van der Waals surface area contributed by atoms with E-state index in [0.29, 0.717) is 36.7 Å². The molecule has 0 unspecified atom stereocenters. The highest BCUT2D eigenvalue weighted by atomic mass is 16.4. The van der Waals surface area contributed by atoms with Crippen molar-refractivity contribution in [3.05, 3.63) is 96.4 Å². The molecule has 34 heavy (non-hydrogen) atoms. The number of nitrogens with zero attached hydrogens (tertiary/aromatic N) is 1. The molecule has 0 spiro atoms. The van der Waals surface area contributed by atoms with Gasteiger partial charge in [0.2, 0.25) is 5.91 Å². The van der Waals surface area contributed by atoms with Crippen LogP contribution in [-0.4, -0.2) is 35.0 Å². The number of carbonyl (C=O) groups excluding carboxylic acids is 2. The first kappa shape index (κ1) is 22.8. The van der Waals surface area contributed by atoms with E-state index in [1.54, 1.807) is 0 Å². The number of aromatic hydroxyl groups is 1. The minimum atomic E-state index is -0.268. The standard InChI is InChI=1S/C27H25N3O4/c31-22-13-11-21(12-14-22)27(33)29-18-17-28-23(32)15-16-24-30-25(19-7-3-1-4-8-19)26(34-24)20-9-5-2-6-10-20/h1-14,31H,15-18H2,(H,28,32)(H,29,33). The average molecular weight is 456 g/mol. The minimum absolute atomic E-state index is 0.0987. The molecule has 1 aromatic heterocycles. The maximum atomic E-state index is 12.3. The number of amides is 2. The molecule has 0 bridgehead atoms. The van der Waals surface area contributed by atoms with Crippen molar-refractivity contribution < 1.29 is 19.1 Å². The third-order valence-corrected chi connectivity index (χ3v) is 5.18. The van der Waals surface area contributed by atoms with Crippen LogP contribution in [0, 0.1) is 0 Å². The summed E-state index contributed by atoms with van der Waals surface area (Å²) < 4.78 is 6.05. The van der Waals surface area contributed by atoms with E-state index < -0.39 is 0 Å². The van der Waals surface area contributed by atoms with E-state index in [2.05, 4.69) is 15.6 Å². The number of aryl methyl sites for hydroxylation is 1. The average Bonchev–Trinajstić information content (AvgIpc) is 3.31. The van der Waals surface area contributed by atoms with Crippen LogP contribution in [0.3, 0.4) is 0 Å². The molecule has 2 amide bonds. The number of nitrogens with one attached hydrogen (secondary N) is 2. The molecule has 7 heteroatoms. The van der Waals surface area contributed by atoms with Gasteiger partial charge in [0.05, 0.1) is 0 Å². The number of phenols is 1. The molecule has 7 nitrogen and oxygen atoms in total. The fourth-order valence-corrected chi connectivity index (χ4v) is 3.45. The van der Waals surface area contributed by atoms with Crippen LogP contribution in [0.25, 0.3) is 22.6 Å². The van der Waals surface area contributed by atoms with Crippen molar-refractivity contribution >= 4 is 11.8 Å². The van der Waals surface area contributed by atoms with Crippen LogP contribution in [0.1, 0.15) is 22.7 Å². The Morgan fingerprint density at radius 1 is 0.794 bits per heavy atom. The second kappa shape index (κ2) is 11.0. The number of hydrogen-bond acceptors (Lipinski definition) is 5. The normalized spacial score (nSPS) is 10.6. The summed E-state index contributed by atoms with van der Waals surface area (Å²) in [6.07, 6.45) is 0.577. The molecule has 4 rings (SSSR count). The first-order valence-corrected chi connectivity index (χ1v) is 11.0. The van der Waals surface area contributed by atoms with Gasteiger partial charge in [0, 0.05) is 42.6 Å². The van der Waals surface area contributed by atoms with Crippen molar-refractivity contribution in [1.29, 1.82) is 0 Å². The Kier molecular flexibility index (Phi) is 7.35. The molecule has 0 aliphatic heterocycles. The zero-order chi connectivity index (χ0) is 23.8. The maximum absolute atomic E-state index is 12.3. The Hall–Kier alpha value is -4.39. The number of hydrogen-bond donors (Lipinski definition) is 3. The molecular weight excluding hydrogens is 430 g/mol. The topological polar surface area (TPSA) is 104 Å². The second-order valence-electron chi connectivity index (χ2n) is 7.67. The molecule has 0 fully saturated rings. The fraction of sp³-hybridized carbons (Fsp3) is 0.148. The van der Waals surface area contributed by atoms with Crippen molar-refractivity contribution in [3.8, 4) is 28.3 Å². The predicted octanol–water partition coefficient (Wildman–Crippen LogP) is 4.19. The second-order valence-corrected chi connectivity index (χ2v) is 7.67. The van der Waals surface area contributed by atoms with E-state index in [-0.39, 0.29) is 24.0 Å². The Balaban J connectivity index is 1.31. The molecule has 3 aromatic carbocycles. The predicted molar refractivity (Wildman–Crippen MR) is 129 cm³/mol. The maximum Gasteiger partial charge on any atom is 0.251 e. The van der Waals surface area contributed by atoms with Gasteiger partial charge in [-0.15, -0.1) is 0 Å². The van der Waals surface area contributed by atoms with Gasteiger partial charge in [-0.05, 0) is 24.3 Å². The third kappa shape index (κ3) is 5.89. The van der Waals surface area contributed by atoms with E-state index in [0.717, 1.165) is 16.8 Å². The number of benzene rings is 3. The molecular formula is C27H25N3O4. The van der Waals surface area contributed by atoms with Gasteiger partial charge in [0.1, 0.15) is 11.4 Å². The van der Waals surface area contributed by atoms with Crippen LogP contribution in [0.4, 0.5) is 0 Å². The smallest absolute Gasteiger partial charge is 0.251 e. The number of carbonyl (C=O) groups is 2. The summed E-state index contributed by atoms with van der Waals surface area (Å²) in [5.74, 6) is 0.852. The lowest BCUT2D eigenvalue weighted by Crippen LogP contribution is -2.34. The van der Waals surface area contributed by atoms with Crippen molar-refractivity contribution in [2.45, 2.75) is 12.8 Å². The van der Waals surface area contributed by atoms with Crippen LogP contribution >= 0.6 is 0 Å². The van der Waals surface area contributed by atoms with Gasteiger partial charge in [-0.2, -0.15) is 0 Å². The zero-order valence-corrected chi connectivity index (χ0v) is 18.5. The molecule has 0 saturated carbocycles. The molecule has 0 aliphatic carbocycles. The highest BCUT2D eigenvalue weighted by molar-refractivity contribution is 5.94. The van der Waals surface area contributed by atoms with Gasteiger partial charge in [-0.3, -0.25) is 9.59 Å². The first-order chi connectivity index (χ1) is 16.6. The third-order valence-electron chi connectivity index (χ3n) is 5.18. The lowest BCUT2D eigenvalue weighted by atomic mass is 10.1. The summed E-state index contributed by atoms with van der Waals surface area (Å²) >= 11 is 0. The molecule has 0 saturated heterocycles. The molecule has 0 radical (unpaired) electrons. The quantitative estimate of drug-likeness (QED) is 0.328.